The van der Waals surface area contributed by atoms with E-state index in [1.54, 1.807) is 4.90 Å². The van der Waals surface area contributed by atoms with Crippen LogP contribution in [0.4, 0.5) is 4.79 Å². The van der Waals surface area contributed by atoms with Gasteiger partial charge in [-0.25, -0.2) is 4.79 Å². The molecule has 0 saturated carbocycles. The summed E-state index contributed by atoms with van der Waals surface area (Å²) in [6.45, 7) is 15.5. The predicted molar refractivity (Wildman–Crippen MR) is 185 cm³/mol. The summed E-state index contributed by atoms with van der Waals surface area (Å²) in [4.78, 5) is 29.1. The molecule has 1 aliphatic heterocycles. The zero-order chi connectivity index (χ0) is 32.7. The fourth-order valence-corrected chi connectivity index (χ4v) is 11.3. The summed E-state index contributed by atoms with van der Waals surface area (Å²) in [5.74, 6) is -0.133. The van der Waals surface area contributed by atoms with Crippen LogP contribution in [0, 0.1) is 5.92 Å². The van der Waals surface area contributed by atoms with Crippen molar-refractivity contribution in [2.24, 2.45) is 5.92 Å². The lowest BCUT2D eigenvalue weighted by molar-refractivity contribution is -0.130. The summed E-state index contributed by atoms with van der Waals surface area (Å²) in [5.41, 5.74) is 0.382. The highest BCUT2D eigenvalue weighted by molar-refractivity contribution is 6.99. The van der Waals surface area contributed by atoms with Gasteiger partial charge in [0.05, 0.1) is 6.04 Å². The number of benzene rings is 3. The maximum absolute atomic E-state index is 14.0. The molecule has 1 aliphatic rings. The Kier molecular flexibility index (Phi) is 11.3. The third-order valence-electron chi connectivity index (χ3n) is 8.77. The van der Waals surface area contributed by atoms with Gasteiger partial charge in [0.15, 0.2) is 0 Å². The van der Waals surface area contributed by atoms with Crippen LogP contribution in [-0.2, 0) is 14.0 Å². The first-order valence-corrected chi connectivity index (χ1v) is 18.3. The molecule has 3 aromatic rings. The molecular weight excluding hydrogens is 577 g/mol. The largest absolute Gasteiger partial charge is 0.444 e. The van der Waals surface area contributed by atoms with Gasteiger partial charge < -0.3 is 14.5 Å². The molecule has 0 unspecified atom stereocenters. The summed E-state index contributed by atoms with van der Waals surface area (Å²) >= 11 is 0. The Balaban J connectivity index is 1.55. The van der Waals surface area contributed by atoms with Crippen molar-refractivity contribution in [2.45, 2.75) is 96.9 Å². The highest BCUT2D eigenvalue weighted by atomic mass is 28.4. The van der Waals surface area contributed by atoms with Crippen LogP contribution < -0.4 is 15.7 Å². The normalized spacial score (nSPS) is 18.2. The molecule has 0 radical (unpaired) electrons. The van der Waals surface area contributed by atoms with Gasteiger partial charge in [-0.05, 0) is 80.3 Å². The summed E-state index contributed by atoms with van der Waals surface area (Å²) in [6.07, 6.45) is 2.83. The first-order chi connectivity index (χ1) is 21.3. The minimum Gasteiger partial charge on any atom is -0.444 e. The molecule has 6 nitrogen and oxygen atoms in total. The zero-order valence-corrected chi connectivity index (χ0v) is 29.2. The Morgan fingerprint density at radius 2 is 1.40 bits per heavy atom. The Hall–Kier alpha value is -3.42. The Morgan fingerprint density at radius 1 is 0.867 bits per heavy atom. The predicted octanol–water partition coefficient (Wildman–Crippen LogP) is 7.24. The van der Waals surface area contributed by atoms with Crippen LogP contribution in [-0.4, -0.2) is 50.0 Å². The van der Waals surface area contributed by atoms with Gasteiger partial charge in [0.2, 0.25) is 5.91 Å². The van der Waals surface area contributed by atoms with Gasteiger partial charge in [0, 0.05) is 13.2 Å². The number of hydrogen-bond acceptors (Lipinski definition) is 4. The SMILES string of the molecule is C[C@@H](NC(=O)[C@H]1[C@@H](CCCO[Si](c2ccccc2)(c2ccccc2)C(C)(C)C)CCCN1C(=O)OC(C)(C)C)c1ccccc1. The van der Waals surface area contributed by atoms with E-state index in [4.69, 9.17) is 9.16 Å². The first-order valence-electron chi connectivity index (χ1n) is 16.4. The van der Waals surface area contributed by atoms with Crippen molar-refractivity contribution < 1.29 is 18.8 Å². The van der Waals surface area contributed by atoms with E-state index in [9.17, 15) is 9.59 Å². The number of nitrogens with zero attached hydrogens (tertiary/aromatic N) is 1. The standard InChI is InChI=1S/C38H52N2O4Si/c1-29(30-19-11-8-12-20-30)39-35(41)34-31(21-17-27-40(34)36(42)44-37(2,3)4)22-18-28-43-45(38(5,6)7,32-23-13-9-14-24-32)33-25-15-10-16-26-33/h8-16,19-20,23-26,29,31,34H,17-18,21-22,27-28H2,1-7H3,(H,39,41)/t29-,31-,34-/m1/s1. The maximum atomic E-state index is 14.0. The number of hydrogen-bond donors (Lipinski definition) is 1. The third kappa shape index (κ3) is 8.44. The van der Waals surface area contributed by atoms with E-state index >= 15 is 0 Å². The molecule has 1 saturated heterocycles. The number of piperidine rings is 1. The topological polar surface area (TPSA) is 67.9 Å². The van der Waals surface area contributed by atoms with Crippen molar-refractivity contribution in [2.75, 3.05) is 13.2 Å². The Bertz CT molecular complexity index is 1330. The van der Waals surface area contributed by atoms with Crippen molar-refractivity contribution in [1.82, 2.24) is 10.2 Å². The molecule has 0 spiro atoms. The first kappa shape index (κ1) is 34.5. The molecule has 4 rings (SSSR count). The van der Waals surface area contributed by atoms with Gasteiger partial charge in [-0.3, -0.25) is 9.69 Å². The molecule has 3 atom stereocenters. The highest BCUT2D eigenvalue weighted by Crippen LogP contribution is 2.37. The van der Waals surface area contributed by atoms with Crippen LogP contribution in [0.5, 0.6) is 0 Å². The molecule has 2 amide bonds. The molecule has 0 aromatic heterocycles. The van der Waals surface area contributed by atoms with Gasteiger partial charge in [-0.15, -0.1) is 0 Å². The van der Waals surface area contributed by atoms with E-state index < -0.39 is 26.1 Å². The van der Waals surface area contributed by atoms with E-state index in [2.05, 4.69) is 86.8 Å². The van der Waals surface area contributed by atoms with Gasteiger partial charge in [-0.1, -0.05) is 112 Å². The van der Waals surface area contributed by atoms with E-state index in [-0.39, 0.29) is 22.9 Å². The molecule has 45 heavy (non-hydrogen) atoms. The van der Waals surface area contributed by atoms with Crippen molar-refractivity contribution in [3.05, 3.63) is 96.6 Å². The lowest BCUT2D eigenvalue weighted by Crippen LogP contribution is -2.66. The summed E-state index contributed by atoms with van der Waals surface area (Å²) in [6, 6.07) is 30.5. The van der Waals surface area contributed by atoms with Crippen molar-refractivity contribution in [3.8, 4) is 0 Å². The third-order valence-corrected chi connectivity index (χ3v) is 13.8. The second-order valence-electron chi connectivity index (χ2n) is 14.3. The van der Waals surface area contributed by atoms with Gasteiger partial charge >= 0.3 is 6.09 Å². The molecule has 3 aromatic carbocycles. The molecule has 1 N–H and O–H groups in total. The molecule has 1 heterocycles. The maximum Gasteiger partial charge on any atom is 0.410 e. The van der Waals surface area contributed by atoms with Crippen LogP contribution in [0.1, 0.15) is 85.8 Å². The van der Waals surface area contributed by atoms with Gasteiger partial charge in [0.1, 0.15) is 11.6 Å². The summed E-state index contributed by atoms with van der Waals surface area (Å²) in [5, 5.41) is 5.61. The second-order valence-corrected chi connectivity index (χ2v) is 18.6. The second kappa shape index (κ2) is 14.8. The lowest BCUT2D eigenvalue weighted by atomic mass is 9.85. The van der Waals surface area contributed by atoms with Crippen molar-refractivity contribution in [1.29, 1.82) is 0 Å². The Labute approximate surface area is 271 Å². The van der Waals surface area contributed by atoms with Crippen molar-refractivity contribution >= 4 is 30.7 Å². The van der Waals surface area contributed by atoms with Crippen molar-refractivity contribution in [3.63, 3.8) is 0 Å². The van der Waals surface area contributed by atoms with E-state index in [0.29, 0.717) is 13.2 Å². The quantitative estimate of drug-likeness (QED) is 0.190. The number of ether oxygens (including phenoxy) is 1. The average molecular weight is 629 g/mol. The number of amides is 2. The molecule has 1 fully saturated rings. The number of rotatable bonds is 10. The van der Waals surface area contributed by atoms with E-state index in [0.717, 1.165) is 31.2 Å². The summed E-state index contributed by atoms with van der Waals surface area (Å²) < 4.78 is 12.9. The van der Waals surface area contributed by atoms with E-state index in [1.165, 1.54) is 10.4 Å². The highest BCUT2D eigenvalue weighted by Gasteiger charge is 2.50. The summed E-state index contributed by atoms with van der Waals surface area (Å²) in [7, 11) is -2.66. The molecule has 0 aliphatic carbocycles. The Morgan fingerprint density at radius 3 is 1.91 bits per heavy atom. The van der Waals surface area contributed by atoms with Crippen LogP contribution in [0.25, 0.3) is 0 Å². The number of likely N-dealkylation sites (tertiary alicyclic amines) is 1. The number of carbonyl (C=O) groups excluding carboxylic acids is 2. The number of carbonyl (C=O) groups is 2. The van der Waals surface area contributed by atoms with Crippen LogP contribution >= 0.6 is 0 Å². The minimum atomic E-state index is -2.66. The van der Waals surface area contributed by atoms with Gasteiger partial charge in [0.25, 0.3) is 8.32 Å². The minimum absolute atomic E-state index is 0.00278. The zero-order valence-electron chi connectivity index (χ0n) is 28.2. The lowest BCUT2D eigenvalue weighted by Gasteiger charge is -2.43. The van der Waals surface area contributed by atoms with Crippen LogP contribution in [0.2, 0.25) is 5.04 Å². The van der Waals surface area contributed by atoms with Gasteiger partial charge in [-0.2, -0.15) is 0 Å². The number of nitrogens with one attached hydrogen (secondary N) is 1. The average Bonchev–Trinajstić information content (AvgIpc) is 3.00. The molecule has 242 valence electrons. The van der Waals surface area contributed by atoms with E-state index in [1.807, 2.05) is 58.0 Å². The monoisotopic (exact) mass is 628 g/mol. The fourth-order valence-electron chi connectivity index (χ4n) is 6.71. The molecule has 0 bridgehead atoms. The smallest absolute Gasteiger partial charge is 0.410 e. The molecular formula is C38H52N2O4Si. The fraction of sp³-hybridized carbons (Fsp3) is 0.474. The van der Waals surface area contributed by atoms with Crippen LogP contribution in [0.3, 0.4) is 0 Å². The molecule has 7 heteroatoms. The van der Waals surface area contributed by atoms with Crippen LogP contribution in [0.15, 0.2) is 91.0 Å².